The molecule has 0 aliphatic carbocycles. The van der Waals surface area contributed by atoms with Gasteiger partial charge in [0.1, 0.15) is 12.7 Å². The quantitative estimate of drug-likeness (QED) is 0.0197. The molecule has 0 saturated heterocycles. The van der Waals surface area contributed by atoms with Crippen molar-refractivity contribution in [3.63, 3.8) is 0 Å². The number of carbonyl (C=O) groups is 3. The Labute approximate surface area is 465 Å². The Morgan fingerprint density at radius 1 is 0.382 bits per heavy atom. The van der Waals surface area contributed by atoms with Crippen LogP contribution in [0.15, 0.2) is 60.8 Å². The fraction of sp³-hybridized carbons (Fsp3) is 0.797. The second kappa shape index (κ2) is 58.3. The summed E-state index contributed by atoms with van der Waals surface area (Å²) in [5.74, 6) is -1.47. The van der Waals surface area contributed by atoms with Crippen LogP contribution in [-0.4, -0.2) is 66.5 Å². The third-order valence-corrected chi connectivity index (χ3v) is 14.4. The van der Waals surface area contributed by atoms with Gasteiger partial charge in [0, 0.05) is 19.3 Å². The highest BCUT2D eigenvalue weighted by atomic mass is 31.2. The summed E-state index contributed by atoms with van der Waals surface area (Å²) in [6.45, 7) is 4.49. The van der Waals surface area contributed by atoms with Gasteiger partial charge in [-0.2, -0.15) is 0 Å². The Morgan fingerprint density at radius 3 is 1.11 bits per heavy atom. The van der Waals surface area contributed by atoms with Crippen LogP contribution in [0.1, 0.15) is 290 Å². The highest BCUT2D eigenvalue weighted by Gasteiger charge is 2.28. The zero-order valence-electron chi connectivity index (χ0n) is 49.0. The van der Waals surface area contributed by atoms with Crippen molar-refractivity contribution >= 4 is 25.7 Å². The predicted molar refractivity (Wildman–Crippen MR) is 316 cm³/mol. The van der Waals surface area contributed by atoms with E-state index in [0.29, 0.717) is 19.3 Å². The molecule has 3 atom stereocenters. The van der Waals surface area contributed by atoms with Crippen LogP contribution >= 0.6 is 7.82 Å². The van der Waals surface area contributed by atoms with E-state index in [1.54, 1.807) is 0 Å². The standard InChI is InChI=1S/C64H115O11P/c1-4-7-10-13-16-19-22-25-27-29-30-32-34-37-40-43-46-49-52-55-64(68)75-61(57-71-62(66)53-50-47-44-41-38-36-33-31-28-26-23-20-17-14-11-8-5-2)59-73-76(69,70)72-58-60(56-65)74-63(67)54-51-48-45-42-39-35-24-21-18-15-12-9-6-3/h8,11-12,15,17,20-21,24,26,28,60-61,65H,4-7,9-10,13-14,16,18-19,22-23,25,27,29-59H2,1-3H3,(H,69,70)/b11-8-,15-12-,20-17-,24-21-,28-26-. The molecular formula is C64H115O11P. The molecule has 0 rings (SSSR count). The van der Waals surface area contributed by atoms with Crippen molar-refractivity contribution in [3.8, 4) is 0 Å². The lowest BCUT2D eigenvalue weighted by molar-refractivity contribution is -0.161. The summed E-state index contributed by atoms with van der Waals surface area (Å²) in [6.07, 6.45) is 64.6. The molecule has 0 aromatic carbocycles. The van der Waals surface area contributed by atoms with Gasteiger partial charge >= 0.3 is 25.7 Å². The smallest absolute Gasteiger partial charge is 0.462 e. The molecule has 0 aromatic heterocycles. The summed E-state index contributed by atoms with van der Waals surface area (Å²) in [7, 11) is -4.75. The number of phosphoric acid groups is 1. The first-order valence-corrected chi connectivity index (χ1v) is 32.7. The van der Waals surface area contributed by atoms with Gasteiger partial charge in [0.05, 0.1) is 19.8 Å². The maximum atomic E-state index is 12.9. The van der Waals surface area contributed by atoms with Gasteiger partial charge < -0.3 is 24.2 Å². The average Bonchev–Trinajstić information content (AvgIpc) is 3.41. The predicted octanol–water partition coefficient (Wildman–Crippen LogP) is 18.7. The lowest BCUT2D eigenvalue weighted by atomic mass is 10.0. The summed E-state index contributed by atoms with van der Waals surface area (Å²) in [5.41, 5.74) is 0. The number of allylic oxidation sites excluding steroid dienone is 10. The molecular weight excluding hydrogens is 976 g/mol. The molecule has 0 amide bonds. The average molecular weight is 1090 g/mol. The van der Waals surface area contributed by atoms with Gasteiger partial charge in [-0.15, -0.1) is 0 Å². The van der Waals surface area contributed by atoms with E-state index in [1.807, 2.05) is 0 Å². The molecule has 0 radical (unpaired) electrons. The van der Waals surface area contributed by atoms with E-state index < -0.39 is 57.8 Å². The molecule has 12 heteroatoms. The number of rotatable bonds is 58. The molecule has 0 aliphatic rings. The highest BCUT2D eigenvalue weighted by Crippen LogP contribution is 2.43. The number of hydrogen-bond acceptors (Lipinski definition) is 10. The molecule has 76 heavy (non-hydrogen) atoms. The van der Waals surface area contributed by atoms with Crippen molar-refractivity contribution in [1.82, 2.24) is 0 Å². The molecule has 0 saturated carbocycles. The summed E-state index contributed by atoms with van der Waals surface area (Å²) in [4.78, 5) is 48.7. The number of aliphatic hydroxyl groups is 1. The SMILES string of the molecule is CC/C=C\C/C=C\C/C=C\CCCCCCCCCC(=O)OCC(COP(=O)(O)OCC(CO)OC(=O)CCCCCCC/C=C\C/C=C\CCC)OC(=O)CCCCCCCCCCCCCCCCCCCCC. The molecule has 0 aromatic rings. The van der Waals surface area contributed by atoms with E-state index in [0.717, 1.165) is 116 Å². The van der Waals surface area contributed by atoms with Crippen molar-refractivity contribution in [2.75, 3.05) is 26.4 Å². The Morgan fingerprint density at radius 2 is 0.711 bits per heavy atom. The monoisotopic (exact) mass is 1090 g/mol. The number of esters is 3. The van der Waals surface area contributed by atoms with Gasteiger partial charge in [-0.1, -0.05) is 255 Å². The second-order valence-electron chi connectivity index (χ2n) is 20.8. The van der Waals surface area contributed by atoms with E-state index in [1.165, 1.54) is 116 Å². The molecule has 0 spiro atoms. The van der Waals surface area contributed by atoms with Gasteiger partial charge in [-0.3, -0.25) is 23.4 Å². The largest absolute Gasteiger partial charge is 0.472 e. The first-order chi connectivity index (χ1) is 37.2. The van der Waals surface area contributed by atoms with Crippen molar-refractivity contribution in [2.24, 2.45) is 0 Å². The summed E-state index contributed by atoms with van der Waals surface area (Å²) >= 11 is 0. The van der Waals surface area contributed by atoms with Crippen LogP contribution in [0, 0.1) is 0 Å². The molecule has 442 valence electrons. The van der Waals surface area contributed by atoms with Crippen LogP contribution in [0.2, 0.25) is 0 Å². The summed E-state index contributed by atoms with van der Waals surface area (Å²) in [5, 5.41) is 9.82. The van der Waals surface area contributed by atoms with Crippen LogP contribution in [0.3, 0.4) is 0 Å². The first kappa shape index (κ1) is 73.2. The third-order valence-electron chi connectivity index (χ3n) is 13.4. The van der Waals surface area contributed by atoms with Gasteiger partial charge in [-0.05, 0) is 77.0 Å². The van der Waals surface area contributed by atoms with E-state index in [9.17, 15) is 28.9 Å². The molecule has 0 aliphatic heterocycles. The number of phosphoric ester groups is 1. The van der Waals surface area contributed by atoms with E-state index in [2.05, 4.69) is 81.5 Å². The third kappa shape index (κ3) is 55.9. The Kier molecular flexibility index (Phi) is 56.2. The van der Waals surface area contributed by atoms with Crippen molar-refractivity contribution in [3.05, 3.63) is 60.8 Å². The number of aliphatic hydroxyl groups excluding tert-OH is 1. The maximum Gasteiger partial charge on any atom is 0.472 e. The topological polar surface area (TPSA) is 155 Å². The molecule has 0 fully saturated rings. The van der Waals surface area contributed by atoms with Crippen LogP contribution in [0.25, 0.3) is 0 Å². The Bertz CT molecular complexity index is 1510. The first-order valence-electron chi connectivity index (χ1n) is 31.2. The fourth-order valence-corrected chi connectivity index (χ4v) is 9.49. The molecule has 0 bridgehead atoms. The summed E-state index contributed by atoms with van der Waals surface area (Å²) < 4.78 is 39.6. The van der Waals surface area contributed by atoms with Crippen LogP contribution in [0.5, 0.6) is 0 Å². The number of carbonyl (C=O) groups excluding carboxylic acids is 3. The molecule has 11 nitrogen and oxygen atoms in total. The lowest BCUT2D eigenvalue weighted by Crippen LogP contribution is -2.30. The Balaban J connectivity index is 4.70. The van der Waals surface area contributed by atoms with E-state index >= 15 is 0 Å². The van der Waals surface area contributed by atoms with Gasteiger partial charge in [-0.25, -0.2) is 4.57 Å². The Hall–Kier alpha value is -2.82. The summed E-state index contributed by atoms with van der Waals surface area (Å²) in [6, 6.07) is 0. The number of ether oxygens (including phenoxy) is 3. The van der Waals surface area contributed by atoms with Crippen LogP contribution in [0.4, 0.5) is 0 Å². The van der Waals surface area contributed by atoms with E-state index in [4.69, 9.17) is 23.3 Å². The maximum absolute atomic E-state index is 12.9. The minimum Gasteiger partial charge on any atom is -0.462 e. The minimum absolute atomic E-state index is 0.161. The fourth-order valence-electron chi connectivity index (χ4n) is 8.70. The molecule has 2 N–H and O–H groups in total. The number of unbranched alkanes of at least 4 members (excludes halogenated alkanes) is 31. The van der Waals surface area contributed by atoms with Crippen molar-refractivity contribution in [1.29, 1.82) is 0 Å². The zero-order chi connectivity index (χ0) is 55.5. The highest BCUT2D eigenvalue weighted by molar-refractivity contribution is 7.47. The zero-order valence-corrected chi connectivity index (χ0v) is 49.9. The second-order valence-corrected chi connectivity index (χ2v) is 22.3. The molecule has 3 unspecified atom stereocenters. The van der Waals surface area contributed by atoms with Gasteiger partial charge in [0.15, 0.2) is 6.10 Å². The van der Waals surface area contributed by atoms with E-state index in [-0.39, 0.29) is 25.9 Å². The van der Waals surface area contributed by atoms with Crippen LogP contribution < -0.4 is 0 Å². The van der Waals surface area contributed by atoms with Crippen LogP contribution in [-0.2, 0) is 42.2 Å². The molecule has 0 heterocycles. The minimum atomic E-state index is -4.75. The van der Waals surface area contributed by atoms with Gasteiger partial charge in [0.2, 0.25) is 0 Å². The van der Waals surface area contributed by atoms with Crippen molar-refractivity contribution in [2.45, 2.75) is 303 Å². The normalized spacial score (nSPS) is 13.7. The van der Waals surface area contributed by atoms with Gasteiger partial charge in [0.25, 0.3) is 0 Å². The lowest BCUT2D eigenvalue weighted by Gasteiger charge is -2.21. The van der Waals surface area contributed by atoms with Crippen molar-refractivity contribution < 1.29 is 52.2 Å². The number of hydrogen-bond donors (Lipinski definition) is 2.